The van der Waals surface area contributed by atoms with Crippen LogP contribution >= 0.6 is 0 Å². The monoisotopic (exact) mass is 577 g/mol. The molecule has 1 aromatic carbocycles. The highest BCUT2D eigenvalue weighted by molar-refractivity contribution is 5.96. The lowest BCUT2D eigenvalue weighted by Crippen LogP contribution is -2.44. The van der Waals surface area contributed by atoms with E-state index in [1.54, 1.807) is 26.2 Å². The number of methoxy groups -OCH3 is 1. The van der Waals surface area contributed by atoms with E-state index >= 15 is 0 Å². The van der Waals surface area contributed by atoms with Crippen LogP contribution in [-0.4, -0.2) is 72.6 Å². The molecule has 3 N–H and O–H groups in total. The number of ether oxygens (including phenoxy) is 2. The highest BCUT2D eigenvalue weighted by Gasteiger charge is 2.22. The second kappa shape index (κ2) is 14.1. The number of alkyl halides is 2. The number of hydrogen-bond acceptors (Lipinski definition) is 6. The maximum Gasteiger partial charge on any atom is 0.407 e. The van der Waals surface area contributed by atoms with Crippen molar-refractivity contribution in [3.8, 4) is 5.75 Å². The normalized spacial score (nSPS) is 12.0. The largest absolute Gasteiger partial charge is 0.485 e. The molecule has 1 atom stereocenters. The zero-order valence-electron chi connectivity index (χ0n) is 22.6. The molecule has 0 aliphatic carbocycles. The van der Waals surface area contributed by atoms with Gasteiger partial charge < -0.3 is 34.6 Å². The van der Waals surface area contributed by atoms with Crippen LogP contribution in [0.1, 0.15) is 18.5 Å². The number of H-pyrrole nitrogens is 1. The van der Waals surface area contributed by atoms with Crippen molar-refractivity contribution in [1.29, 1.82) is 0 Å². The minimum atomic E-state index is -2.74. The summed E-state index contributed by atoms with van der Waals surface area (Å²) < 4.78 is 50.1. The first-order valence-electron chi connectivity index (χ1n) is 12.4. The smallest absolute Gasteiger partial charge is 0.407 e. The number of allylic oxidation sites excluding steroid dienone is 1. The highest BCUT2D eigenvalue weighted by Crippen LogP contribution is 2.28. The zero-order chi connectivity index (χ0) is 30.1. The van der Waals surface area contributed by atoms with Crippen molar-refractivity contribution in [2.75, 3.05) is 33.1 Å². The molecular formula is C27H30F3N5O6. The summed E-state index contributed by atoms with van der Waals surface area (Å²) in [5.74, 6) is -1.69. The Bertz CT molecular complexity index is 1480. The van der Waals surface area contributed by atoms with Crippen molar-refractivity contribution in [2.24, 2.45) is 0 Å². The number of anilines is 1. The molecule has 2 heterocycles. The van der Waals surface area contributed by atoms with Gasteiger partial charge in [0.1, 0.15) is 29.9 Å². The van der Waals surface area contributed by atoms with Crippen molar-refractivity contribution < 1.29 is 37.0 Å². The van der Waals surface area contributed by atoms with Gasteiger partial charge in [-0.2, -0.15) is 0 Å². The number of likely N-dealkylation sites (N-methyl/N-ethyl adjacent to an activating group) is 1. The average Bonchev–Trinajstić information content (AvgIpc) is 3.32. The predicted octanol–water partition coefficient (Wildman–Crippen LogP) is 3.25. The predicted molar refractivity (Wildman–Crippen MR) is 145 cm³/mol. The molecule has 0 saturated carbocycles. The number of rotatable bonds is 12. The van der Waals surface area contributed by atoms with Gasteiger partial charge >= 0.3 is 6.09 Å². The van der Waals surface area contributed by atoms with Crippen molar-refractivity contribution in [2.45, 2.75) is 31.9 Å². The first-order chi connectivity index (χ1) is 19.5. The van der Waals surface area contributed by atoms with Crippen LogP contribution in [0, 0.1) is 5.82 Å². The standard InChI is InChI=1S/C27H30F3N5O6/c1-34(2)23(36)9-5-4-7-19(33-27(39)40-3)25(37)32-20-8-6-10-35(26(20)38)14-18-12-16-11-17(28)13-21(24(16)31-18)41-15-22(29)30/h5-6,8-13,19,22,31H,4,7,14-15H2,1-3H3,(H,32,37)(H,33,39). The highest BCUT2D eigenvalue weighted by atomic mass is 19.3. The van der Waals surface area contributed by atoms with E-state index in [0.717, 1.165) is 13.2 Å². The fourth-order valence-corrected chi connectivity index (χ4v) is 3.81. The molecule has 0 saturated heterocycles. The van der Waals surface area contributed by atoms with Crippen LogP contribution < -0.4 is 20.9 Å². The van der Waals surface area contributed by atoms with Crippen LogP contribution in [0.5, 0.6) is 5.75 Å². The van der Waals surface area contributed by atoms with Gasteiger partial charge in [-0.1, -0.05) is 6.08 Å². The Kier molecular flexibility index (Phi) is 10.6. The van der Waals surface area contributed by atoms with Gasteiger partial charge in [0.2, 0.25) is 11.8 Å². The molecule has 0 radical (unpaired) electrons. The molecule has 2 aromatic heterocycles. The minimum Gasteiger partial charge on any atom is -0.485 e. The molecule has 220 valence electrons. The summed E-state index contributed by atoms with van der Waals surface area (Å²) in [5, 5.41) is 5.28. The summed E-state index contributed by atoms with van der Waals surface area (Å²) in [6, 6.07) is 5.57. The van der Waals surface area contributed by atoms with Crippen LogP contribution in [-0.2, 0) is 20.9 Å². The van der Waals surface area contributed by atoms with Crippen LogP contribution in [0.25, 0.3) is 10.9 Å². The number of amides is 3. The Morgan fingerprint density at radius 2 is 1.95 bits per heavy atom. The molecule has 3 rings (SSSR count). The number of benzene rings is 1. The summed E-state index contributed by atoms with van der Waals surface area (Å²) in [6.45, 7) is -0.938. The third-order valence-corrected chi connectivity index (χ3v) is 5.81. The summed E-state index contributed by atoms with van der Waals surface area (Å²) in [6.07, 6.45) is 1.16. The number of carbonyl (C=O) groups excluding carboxylic acids is 3. The van der Waals surface area contributed by atoms with E-state index in [-0.39, 0.29) is 42.2 Å². The van der Waals surface area contributed by atoms with Gasteiger partial charge in [-0.05, 0) is 43.2 Å². The van der Waals surface area contributed by atoms with Crippen molar-refractivity contribution in [1.82, 2.24) is 19.8 Å². The molecular weight excluding hydrogens is 547 g/mol. The maximum atomic E-state index is 14.0. The van der Waals surface area contributed by atoms with Gasteiger partial charge in [0.15, 0.2) is 0 Å². The Hall–Kier alpha value is -4.75. The third kappa shape index (κ3) is 8.62. The van der Waals surface area contributed by atoms with E-state index in [0.29, 0.717) is 11.1 Å². The number of carbonyl (C=O) groups is 3. The number of aromatic amines is 1. The minimum absolute atomic E-state index is 0.0261. The van der Waals surface area contributed by atoms with Crippen molar-refractivity contribution >= 4 is 34.5 Å². The Morgan fingerprint density at radius 3 is 2.63 bits per heavy atom. The molecule has 0 fully saturated rings. The van der Waals surface area contributed by atoms with Gasteiger partial charge in [0.05, 0.1) is 19.2 Å². The van der Waals surface area contributed by atoms with Crippen LogP contribution in [0.3, 0.4) is 0 Å². The fraction of sp³-hybridized carbons (Fsp3) is 0.333. The lowest BCUT2D eigenvalue weighted by atomic mass is 10.1. The third-order valence-electron chi connectivity index (χ3n) is 5.81. The van der Waals surface area contributed by atoms with E-state index in [1.165, 1.54) is 39.9 Å². The number of pyridine rings is 1. The number of nitrogens with one attached hydrogen (secondary N) is 3. The van der Waals surface area contributed by atoms with Gasteiger partial charge in [0.25, 0.3) is 12.0 Å². The molecule has 0 spiro atoms. The molecule has 0 aliphatic rings. The number of alkyl carbamates (subject to hydrolysis) is 1. The summed E-state index contributed by atoms with van der Waals surface area (Å²) in [7, 11) is 4.33. The van der Waals surface area contributed by atoms with Crippen molar-refractivity contribution in [3.05, 3.63) is 70.5 Å². The first-order valence-corrected chi connectivity index (χ1v) is 12.4. The Labute approximate surface area is 232 Å². The topological polar surface area (TPSA) is 135 Å². The molecule has 1 unspecified atom stereocenters. The molecule has 0 aliphatic heterocycles. The van der Waals surface area contributed by atoms with Crippen LogP contribution in [0.15, 0.2) is 53.5 Å². The van der Waals surface area contributed by atoms with Gasteiger partial charge in [-0.25, -0.2) is 18.0 Å². The molecule has 41 heavy (non-hydrogen) atoms. The van der Waals surface area contributed by atoms with E-state index in [1.807, 2.05) is 0 Å². The number of halogens is 3. The first kappa shape index (κ1) is 30.8. The van der Waals surface area contributed by atoms with Crippen LogP contribution in [0.4, 0.5) is 23.7 Å². The number of aromatic nitrogens is 2. The van der Waals surface area contributed by atoms with Gasteiger partial charge in [0, 0.05) is 37.4 Å². The van der Waals surface area contributed by atoms with Crippen molar-refractivity contribution in [3.63, 3.8) is 0 Å². The quantitative estimate of drug-likeness (QED) is 0.283. The number of hydrogen-bond donors (Lipinski definition) is 3. The van der Waals surface area contributed by atoms with E-state index < -0.39 is 42.5 Å². The zero-order valence-corrected chi connectivity index (χ0v) is 22.6. The van der Waals surface area contributed by atoms with E-state index in [2.05, 4.69) is 20.4 Å². The Morgan fingerprint density at radius 1 is 1.20 bits per heavy atom. The van der Waals surface area contributed by atoms with Gasteiger partial charge in [-0.15, -0.1) is 0 Å². The maximum absolute atomic E-state index is 14.0. The second-order valence-electron chi connectivity index (χ2n) is 9.11. The average molecular weight is 578 g/mol. The molecule has 3 amide bonds. The summed E-state index contributed by atoms with van der Waals surface area (Å²) in [4.78, 5) is 53.9. The van der Waals surface area contributed by atoms with Gasteiger partial charge in [-0.3, -0.25) is 14.4 Å². The summed E-state index contributed by atoms with van der Waals surface area (Å²) in [5.41, 5.74) is 0.0868. The SMILES string of the molecule is COC(=O)NC(CCC=CC(=O)N(C)C)C(=O)Nc1cccn(Cc2cc3cc(F)cc(OCC(F)F)c3[nH]2)c1=O. The molecule has 11 nitrogen and oxygen atoms in total. The van der Waals surface area contributed by atoms with E-state index in [4.69, 9.17) is 4.74 Å². The second-order valence-corrected chi connectivity index (χ2v) is 9.11. The van der Waals surface area contributed by atoms with E-state index in [9.17, 15) is 32.3 Å². The molecule has 3 aromatic rings. The lowest BCUT2D eigenvalue weighted by Gasteiger charge is -2.17. The van der Waals surface area contributed by atoms with Crippen LogP contribution in [0.2, 0.25) is 0 Å². The number of fused-ring (bicyclic) bond motifs is 1. The fourth-order valence-electron chi connectivity index (χ4n) is 3.81. The molecule has 0 bridgehead atoms. The molecule has 14 heteroatoms. The number of nitrogens with zero attached hydrogens (tertiary/aromatic N) is 2. The summed E-state index contributed by atoms with van der Waals surface area (Å²) >= 11 is 0. The Balaban J connectivity index is 1.77. The lowest BCUT2D eigenvalue weighted by molar-refractivity contribution is -0.123.